The second kappa shape index (κ2) is 8.71. The van der Waals surface area contributed by atoms with Gasteiger partial charge in [-0.3, -0.25) is 9.10 Å². The van der Waals surface area contributed by atoms with E-state index < -0.39 is 10.0 Å². The zero-order valence-corrected chi connectivity index (χ0v) is 16.0. The summed E-state index contributed by atoms with van der Waals surface area (Å²) >= 11 is 0. The number of rotatable bonds is 8. The Kier molecular flexibility index (Phi) is 6.63. The highest BCUT2D eigenvalue weighted by Crippen LogP contribution is 2.21. The first-order chi connectivity index (χ1) is 12.3. The van der Waals surface area contributed by atoms with E-state index >= 15 is 0 Å². The van der Waals surface area contributed by atoms with E-state index in [-0.39, 0.29) is 24.3 Å². The molecule has 0 fully saturated rings. The molecular weight excluding hydrogens is 352 g/mol. The molecular formula is C19H24N2O4S. The van der Waals surface area contributed by atoms with Crippen LogP contribution in [-0.2, 0) is 10.0 Å². The molecule has 2 aromatic rings. The van der Waals surface area contributed by atoms with Gasteiger partial charge < -0.3 is 10.1 Å². The fourth-order valence-electron chi connectivity index (χ4n) is 2.29. The monoisotopic (exact) mass is 376 g/mol. The molecule has 2 aromatic carbocycles. The van der Waals surface area contributed by atoms with Crippen LogP contribution in [0.3, 0.4) is 0 Å². The van der Waals surface area contributed by atoms with Crippen molar-refractivity contribution in [1.29, 1.82) is 0 Å². The Bertz CT molecular complexity index is 818. The van der Waals surface area contributed by atoms with Gasteiger partial charge >= 0.3 is 0 Å². The highest BCUT2D eigenvalue weighted by molar-refractivity contribution is 7.92. The third kappa shape index (κ3) is 5.49. The largest absolute Gasteiger partial charge is 0.491 e. The minimum Gasteiger partial charge on any atom is -0.491 e. The number of amides is 1. The third-order valence-electron chi connectivity index (χ3n) is 3.67. The van der Waals surface area contributed by atoms with E-state index in [1.165, 1.54) is 11.4 Å². The van der Waals surface area contributed by atoms with Crippen LogP contribution < -0.4 is 14.4 Å². The van der Waals surface area contributed by atoms with Crippen molar-refractivity contribution >= 4 is 21.6 Å². The molecule has 0 saturated heterocycles. The van der Waals surface area contributed by atoms with Gasteiger partial charge in [0.05, 0.1) is 17.5 Å². The van der Waals surface area contributed by atoms with Crippen molar-refractivity contribution in [2.24, 2.45) is 0 Å². The average molecular weight is 376 g/mol. The van der Waals surface area contributed by atoms with Crippen LogP contribution in [0.2, 0.25) is 0 Å². The summed E-state index contributed by atoms with van der Waals surface area (Å²) in [4.78, 5) is 12.0. The molecule has 140 valence electrons. The number of nitrogens with zero attached hydrogens (tertiary/aromatic N) is 1. The molecule has 7 heteroatoms. The molecule has 0 aliphatic heterocycles. The van der Waals surface area contributed by atoms with Crippen molar-refractivity contribution < 1.29 is 17.9 Å². The Morgan fingerprint density at radius 3 is 2.27 bits per heavy atom. The topological polar surface area (TPSA) is 75.7 Å². The first kappa shape index (κ1) is 19.8. The summed E-state index contributed by atoms with van der Waals surface area (Å²) in [6.07, 6.45) is 0.0514. The highest BCUT2D eigenvalue weighted by Gasteiger charge is 2.19. The van der Waals surface area contributed by atoms with Crippen molar-refractivity contribution in [2.45, 2.75) is 20.0 Å². The summed E-state index contributed by atoms with van der Waals surface area (Å²) in [6.45, 7) is 3.89. The lowest BCUT2D eigenvalue weighted by molar-refractivity contribution is 0.0956. The van der Waals surface area contributed by atoms with Gasteiger partial charge in [-0.05, 0) is 50.2 Å². The van der Waals surface area contributed by atoms with Crippen molar-refractivity contribution in [3.8, 4) is 5.75 Å². The van der Waals surface area contributed by atoms with Crippen molar-refractivity contribution in [3.63, 3.8) is 0 Å². The molecule has 1 amide bonds. The van der Waals surface area contributed by atoms with Crippen molar-refractivity contribution in [3.05, 3.63) is 60.2 Å². The fourth-order valence-corrected chi connectivity index (χ4v) is 3.37. The Morgan fingerprint density at radius 2 is 1.69 bits per heavy atom. The lowest BCUT2D eigenvalue weighted by atomic mass is 10.2. The van der Waals surface area contributed by atoms with Gasteiger partial charge in [0.25, 0.3) is 5.91 Å². The predicted molar refractivity (Wildman–Crippen MR) is 103 cm³/mol. The van der Waals surface area contributed by atoms with Crippen LogP contribution in [0.1, 0.15) is 24.2 Å². The molecule has 0 aliphatic carbocycles. The summed E-state index contributed by atoms with van der Waals surface area (Å²) in [5.74, 6) is 0.204. The van der Waals surface area contributed by atoms with Gasteiger partial charge in [-0.15, -0.1) is 0 Å². The smallest absolute Gasteiger partial charge is 0.251 e. The number of carbonyl (C=O) groups is 1. The van der Waals surface area contributed by atoms with Crippen LogP contribution in [0.15, 0.2) is 54.6 Å². The van der Waals surface area contributed by atoms with E-state index in [0.717, 1.165) is 0 Å². The molecule has 0 aliphatic rings. The van der Waals surface area contributed by atoms with Crippen LogP contribution in [0.25, 0.3) is 0 Å². The zero-order chi connectivity index (χ0) is 19.2. The second-order valence-corrected chi connectivity index (χ2v) is 8.19. The molecule has 0 spiro atoms. The summed E-state index contributed by atoms with van der Waals surface area (Å²) < 4.78 is 31.7. The standard InChI is InChI=1S/C19H24N2O4S/c1-15(2)25-18-11-9-17(10-12-18)21(3)26(23,24)14-13-20-19(22)16-7-5-4-6-8-16/h4-12,15H,13-14H2,1-3H3,(H,20,22). The maximum Gasteiger partial charge on any atom is 0.251 e. The molecule has 0 atom stereocenters. The van der Waals surface area contributed by atoms with Gasteiger partial charge in [0.1, 0.15) is 5.75 Å². The van der Waals surface area contributed by atoms with Crippen molar-refractivity contribution in [2.75, 3.05) is 23.7 Å². The highest BCUT2D eigenvalue weighted by atomic mass is 32.2. The van der Waals surface area contributed by atoms with Crippen molar-refractivity contribution in [1.82, 2.24) is 5.32 Å². The molecule has 1 N–H and O–H groups in total. The van der Waals surface area contributed by atoms with Gasteiger partial charge in [-0.2, -0.15) is 0 Å². The Hall–Kier alpha value is -2.54. The van der Waals surface area contributed by atoms with Crippen LogP contribution >= 0.6 is 0 Å². The second-order valence-electron chi connectivity index (χ2n) is 6.07. The molecule has 0 heterocycles. The van der Waals surface area contributed by atoms with Gasteiger partial charge in [-0.1, -0.05) is 18.2 Å². The normalized spacial score (nSPS) is 11.2. The first-order valence-corrected chi connectivity index (χ1v) is 9.97. The summed E-state index contributed by atoms with van der Waals surface area (Å²) in [6, 6.07) is 15.5. The maximum absolute atomic E-state index is 12.5. The number of hydrogen-bond acceptors (Lipinski definition) is 4. The third-order valence-corrected chi connectivity index (χ3v) is 5.44. The quantitative estimate of drug-likeness (QED) is 0.769. The summed E-state index contributed by atoms with van der Waals surface area (Å²) in [5, 5.41) is 2.63. The lowest BCUT2D eigenvalue weighted by Crippen LogP contribution is -2.35. The van der Waals surface area contributed by atoms with Crippen LogP contribution in [0.4, 0.5) is 5.69 Å². The van der Waals surface area contributed by atoms with Gasteiger partial charge in [0.15, 0.2) is 0 Å². The number of ether oxygens (including phenoxy) is 1. The number of benzene rings is 2. The number of carbonyl (C=O) groups excluding carboxylic acids is 1. The van der Waals surface area contributed by atoms with Crippen LogP contribution in [0.5, 0.6) is 5.75 Å². The van der Waals surface area contributed by atoms with E-state index in [9.17, 15) is 13.2 Å². The van der Waals surface area contributed by atoms with E-state index in [2.05, 4.69) is 5.32 Å². The molecule has 2 rings (SSSR count). The van der Waals surface area contributed by atoms with Gasteiger partial charge in [0, 0.05) is 19.2 Å². The maximum atomic E-state index is 12.5. The van der Waals surface area contributed by atoms with E-state index in [1.807, 2.05) is 19.9 Å². The predicted octanol–water partition coefficient (Wildman–Crippen LogP) is 2.67. The molecule has 0 radical (unpaired) electrons. The average Bonchev–Trinajstić information content (AvgIpc) is 2.61. The SMILES string of the molecule is CC(C)Oc1ccc(N(C)S(=O)(=O)CCNC(=O)c2ccccc2)cc1. The Morgan fingerprint density at radius 1 is 1.08 bits per heavy atom. The summed E-state index contributed by atoms with van der Waals surface area (Å²) in [5.41, 5.74) is 1.04. The van der Waals surface area contributed by atoms with E-state index in [1.54, 1.807) is 48.5 Å². The first-order valence-electron chi connectivity index (χ1n) is 8.36. The number of sulfonamides is 1. The number of hydrogen-bond donors (Lipinski definition) is 1. The van der Waals surface area contributed by atoms with Gasteiger partial charge in [0.2, 0.25) is 10.0 Å². The van der Waals surface area contributed by atoms with E-state index in [0.29, 0.717) is 17.0 Å². The molecule has 0 saturated carbocycles. The molecule has 6 nitrogen and oxygen atoms in total. The number of anilines is 1. The fraction of sp³-hybridized carbons (Fsp3) is 0.316. The van der Waals surface area contributed by atoms with Crippen LogP contribution in [-0.4, -0.2) is 39.8 Å². The minimum absolute atomic E-state index is 0.0367. The van der Waals surface area contributed by atoms with Crippen LogP contribution in [0, 0.1) is 0 Å². The molecule has 0 aromatic heterocycles. The minimum atomic E-state index is -3.55. The van der Waals surface area contributed by atoms with Gasteiger partial charge in [-0.25, -0.2) is 8.42 Å². The Balaban J connectivity index is 1.93. The zero-order valence-electron chi connectivity index (χ0n) is 15.2. The molecule has 26 heavy (non-hydrogen) atoms. The summed E-state index contributed by atoms with van der Waals surface area (Å²) in [7, 11) is -2.06. The Labute approximate surface area is 154 Å². The molecule has 0 bridgehead atoms. The van der Waals surface area contributed by atoms with E-state index in [4.69, 9.17) is 4.74 Å². The lowest BCUT2D eigenvalue weighted by Gasteiger charge is -2.20. The number of nitrogens with one attached hydrogen (secondary N) is 1. The molecule has 0 unspecified atom stereocenters.